The van der Waals surface area contributed by atoms with Gasteiger partial charge in [0.05, 0.1) is 12.6 Å². The number of pyridine rings is 1. The van der Waals surface area contributed by atoms with Gasteiger partial charge in [0.2, 0.25) is 5.88 Å². The summed E-state index contributed by atoms with van der Waals surface area (Å²) in [6.07, 6.45) is 6.21. The zero-order valence-corrected chi connectivity index (χ0v) is 15.6. The molecule has 2 atom stereocenters. The first-order chi connectivity index (χ1) is 13.3. The fourth-order valence-corrected chi connectivity index (χ4v) is 4.59. The first kappa shape index (κ1) is 16.5. The summed E-state index contributed by atoms with van der Waals surface area (Å²) in [5.74, 6) is 0.668. The van der Waals surface area contributed by atoms with Crippen LogP contribution in [0.1, 0.15) is 30.4 Å². The van der Waals surface area contributed by atoms with E-state index in [1.54, 1.807) is 7.11 Å². The van der Waals surface area contributed by atoms with Gasteiger partial charge >= 0.3 is 0 Å². The molecule has 2 unspecified atom stereocenters. The Kier molecular flexibility index (Phi) is 4.17. The lowest BCUT2D eigenvalue weighted by molar-refractivity contribution is 0.203. The molecular formula is C24H24N2O. The van der Waals surface area contributed by atoms with Crippen LogP contribution in [0.15, 0.2) is 66.7 Å². The lowest BCUT2D eigenvalue weighted by Crippen LogP contribution is -2.37. The molecule has 3 aromatic rings. The number of rotatable bonds is 4. The van der Waals surface area contributed by atoms with E-state index in [-0.39, 0.29) is 0 Å². The second-order valence-electron chi connectivity index (χ2n) is 7.61. The molecule has 2 aromatic carbocycles. The van der Waals surface area contributed by atoms with Crippen LogP contribution >= 0.6 is 0 Å². The van der Waals surface area contributed by atoms with Gasteiger partial charge in [0.15, 0.2) is 0 Å². The standard InChI is InChI=1S/C24H24N2O/c1-27-24-12-8-19-13-18(7-11-23(19)25-24)20-14-21-9-10-22(15-20)26(21)16-17-5-3-2-4-6-17/h2-8,11-14,21-22H,9-10,15-16H2,1H3. The topological polar surface area (TPSA) is 25.4 Å². The fraction of sp³-hybridized carbons (Fsp3) is 0.292. The maximum Gasteiger partial charge on any atom is 0.213 e. The second kappa shape index (κ2) is 6.82. The molecule has 27 heavy (non-hydrogen) atoms. The first-order valence-corrected chi connectivity index (χ1v) is 9.76. The number of benzene rings is 2. The summed E-state index contributed by atoms with van der Waals surface area (Å²) in [5.41, 5.74) is 5.23. The largest absolute Gasteiger partial charge is 0.481 e. The molecule has 1 aromatic heterocycles. The molecule has 3 heteroatoms. The van der Waals surface area contributed by atoms with Crippen LogP contribution in [0, 0.1) is 0 Å². The lowest BCUT2D eigenvalue weighted by atomic mass is 9.93. The third-order valence-corrected chi connectivity index (χ3v) is 5.99. The van der Waals surface area contributed by atoms with Crippen molar-refractivity contribution < 1.29 is 4.74 Å². The fourth-order valence-electron chi connectivity index (χ4n) is 4.59. The van der Waals surface area contributed by atoms with Crippen LogP contribution in [0.5, 0.6) is 5.88 Å². The molecule has 3 heterocycles. The Hall–Kier alpha value is -2.65. The van der Waals surface area contributed by atoms with Gasteiger partial charge in [0.1, 0.15) is 0 Å². The second-order valence-corrected chi connectivity index (χ2v) is 7.61. The van der Waals surface area contributed by atoms with E-state index in [0.29, 0.717) is 18.0 Å². The Bertz CT molecular complexity index is 996. The Balaban J connectivity index is 1.42. The van der Waals surface area contributed by atoms with Crippen LogP contribution in [-0.2, 0) is 6.54 Å². The summed E-state index contributed by atoms with van der Waals surface area (Å²) in [4.78, 5) is 7.22. The van der Waals surface area contributed by atoms with Gasteiger partial charge in [0, 0.05) is 30.1 Å². The summed E-state index contributed by atoms with van der Waals surface area (Å²) in [6.45, 7) is 1.06. The predicted molar refractivity (Wildman–Crippen MR) is 110 cm³/mol. The highest BCUT2D eigenvalue weighted by Gasteiger charge is 2.36. The number of methoxy groups -OCH3 is 1. The molecule has 1 saturated heterocycles. The number of hydrogen-bond donors (Lipinski definition) is 0. The van der Waals surface area contributed by atoms with Crippen molar-refractivity contribution in [3.63, 3.8) is 0 Å². The van der Waals surface area contributed by atoms with E-state index in [4.69, 9.17) is 4.74 Å². The van der Waals surface area contributed by atoms with E-state index in [9.17, 15) is 0 Å². The van der Waals surface area contributed by atoms with E-state index < -0.39 is 0 Å². The van der Waals surface area contributed by atoms with E-state index in [1.165, 1.54) is 34.9 Å². The van der Waals surface area contributed by atoms with Gasteiger partial charge in [-0.3, -0.25) is 4.90 Å². The zero-order chi connectivity index (χ0) is 18.2. The van der Waals surface area contributed by atoms with Gasteiger partial charge in [-0.05, 0) is 54.2 Å². The molecule has 5 rings (SSSR count). The SMILES string of the molecule is COc1ccc2cc(C3=CC4CCC(C3)N4Cc3ccccc3)ccc2n1. The highest BCUT2D eigenvalue weighted by Crippen LogP contribution is 2.39. The molecule has 0 N–H and O–H groups in total. The van der Waals surface area contributed by atoms with Crippen LogP contribution in [0.3, 0.4) is 0 Å². The molecule has 136 valence electrons. The quantitative estimate of drug-likeness (QED) is 0.653. The van der Waals surface area contributed by atoms with Crippen molar-refractivity contribution in [2.75, 3.05) is 7.11 Å². The van der Waals surface area contributed by atoms with Crippen LogP contribution in [0.25, 0.3) is 16.5 Å². The van der Waals surface area contributed by atoms with E-state index in [1.807, 2.05) is 6.07 Å². The van der Waals surface area contributed by atoms with Crippen molar-refractivity contribution in [3.8, 4) is 5.88 Å². The Morgan fingerprint density at radius 3 is 2.74 bits per heavy atom. The molecule has 0 aliphatic carbocycles. The molecule has 3 nitrogen and oxygen atoms in total. The average Bonchev–Trinajstić information content (AvgIpc) is 2.95. The molecular weight excluding hydrogens is 332 g/mol. The average molecular weight is 356 g/mol. The minimum Gasteiger partial charge on any atom is -0.481 e. The highest BCUT2D eigenvalue weighted by atomic mass is 16.5. The van der Waals surface area contributed by atoms with E-state index in [2.05, 4.69) is 70.6 Å². The Morgan fingerprint density at radius 1 is 1.04 bits per heavy atom. The maximum absolute atomic E-state index is 5.24. The van der Waals surface area contributed by atoms with E-state index in [0.717, 1.165) is 18.5 Å². The van der Waals surface area contributed by atoms with Crippen molar-refractivity contribution >= 4 is 16.5 Å². The summed E-state index contributed by atoms with van der Waals surface area (Å²) in [7, 11) is 1.66. The molecule has 0 spiro atoms. The van der Waals surface area contributed by atoms with E-state index >= 15 is 0 Å². The minimum atomic E-state index is 0.559. The lowest BCUT2D eigenvalue weighted by Gasteiger charge is -2.34. The zero-order valence-electron chi connectivity index (χ0n) is 15.6. The molecule has 1 fully saturated rings. The number of aromatic nitrogens is 1. The van der Waals surface area contributed by atoms with Crippen LogP contribution < -0.4 is 4.74 Å². The molecule has 2 aliphatic heterocycles. The minimum absolute atomic E-state index is 0.559. The Labute approximate surface area is 160 Å². The maximum atomic E-state index is 5.24. The molecule has 0 radical (unpaired) electrons. The molecule has 2 aliphatic rings. The van der Waals surface area contributed by atoms with Gasteiger partial charge in [-0.25, -0.2) is 4.98 Å². The van der Waals surface area contributed by atoms with Gasteiger partial charge in [-0.15, -0.1) is 0 Å². The number of nitrogens with zero attached hydrogens (tertiary/aromatic N) is 2. The van der Waals surface area contributed by atoms with Crippen LogP contribution in [0.2, 0.25) is 0 Å². The Morgan fingerprint density at radius 2 is 1.93 bits per heavy atom. The van der Waals surface area contributed by atoms with Crippen molar-refractivity contribution in [1.82, 2.24) is 9.88 Å². The number of fused-ring (bicyclic) bond motifs is 3. The van der Waals surface area contributed by atoms with Crippen molar-refractivity contribution in [1.29, 1.82) is 0 Å². The third-order valence-electron chi connectivity index (χ3n) is 5.99. The molecule has 0 amide bonds. The normalized spacial score (nSPS) is 22.0. The summed E-state index contributed by atoms with van der Waals surface area (Å²) in [5, 5.41) is 1.17. The number of ether oxygens (including phenoxy) is 1. The van der Waals surface area contributed by atoms with Gasteiger partial charge < -0.3 is 4.74 Å². The van der Waals surface area contributed by atoms with Gasteiger partial charge in [-0.1, -0.05) is 42.5 Å². The van der Waals surface area contributed by atoms with Crippen LogP contribution in [-0.4, -0.2) is 29.1 Å². The van der Waals surface area contributed by atoms with Crippen molar-refractivity contribution in [2.24, 2.45) is 0 Å². The van der Waals surface area contributed by atoms with Crippen LogP contribution in [0.4, 0.5) is 0 Å². The van der Waals surface area contributed by atoms with Crippen molar-refractivity contribution in [3.05, 3.63) is 77.9 Å². The summed E-state index contributed by atoms with van der Waals surface area (Å²) in [6, 6.07) is 22.7. The molecule has 2 bridgehead atoms. The highest BCUT2D eigenvalue weighted by molar-refractivity contribution is 5.84. The summed E-state index contributed by atoms with van der Waals surface area (Å²) >= 11 is 0. The summed E-state index contributed by atoms with van der Waals surface area (Å²) < 4.78 is 5.24. The number of hydrogen-bond acceptors (Lipinski definition) is 3. The smallest absolute Gasteiger partial charge is 0.213 e. The third kappa shape index (κ3) is 3.13. The molecule has 0 saturated carbocycles. The van der Waals surface area contributed by atoms with Crippen molar-refractivity contribution in [2.45, 2.75) is 37.9 Å². The first-order valence-electron chi connectivity index (χ1n) is 9.76. The van der Waals surface area contributed by atoms with Gasteiger partial charge in [-0.2, -0.15) is 0 Å². The monoisotopic (exact) mass is 356 g/mol. The predicted octanol–water partition coefficient (Wildman–Crippen LogP) is 5.06. The van der Waals surface area contributed by atoms with Gasteiger partial charge in [0.25, 0.3) is 0 Å².